The number of oxime groups is 1. The Bertz CT molecular complexity index is 473. The highest BCUT2D eigenvalue weighted by molar-refractivity contribution is 7.13. The second-order valence-corrected chi connectivity index (χ2v) is 4.37. The first-order chi connectivity index (χ1) is 7.88. The van der Waals surface area contributed by atoms with Gasteiger partial charge in [-0.3, -0.25) is 4.98 Å². The van der Waals surface area contributed by atoms with E-state index in [2.05, 4.69) is 15.1 Å². The predicted octanol–water partition coefficient (Wildman–Crippen LogP) is 2.55. The van der Waals surface area contributed by atoms with E-state index >= 15 is 0 Å². The van der Waals surface area contributed by atoms with Gasteiger partial charge in [-0.2, -0.15) is 0 Å². The lowest BCUT2D eigenvalue weighted by Crippen LogP contribution is -1.92. The number of thiazole rings is 1. The normalized spacial score (nSPS) is 10.4. The molecule has 17 heavy (non-hydrogen) atoms. The summed E-state index contributed by atoms with van der Waals surface area (Å²) in [6, 6.07) is 5.89. The zero-order valence-electron chi connectivity index (χ0n) is 8.98. The largest absolute Gasteiger partial charge is 0.411 e. The predicted molar refractivity (Wildman–Crippen MR) is 70.4 cm³/mol. The minimum absolute atomic E-state index is 0. The van der Waals surface area contributed by atoms with Gasteiger partial charge in [-0.1, -0.05) is 11.2 Å². The number of hydrogen-bond donors (Lipinski definition) is 1. The summed E-state index contributed by atoms with van der Waals surface area (Å²) in [5, 5.41) is 12.4. The molecule has 0 unspecified atom stereocenters. The molecule has 0 radical (unpaired) electrons. The van der Waals surface area contributed by atoms with Crippen LogP contribution in [0.5, 0.6) is 0 Å². The fraction of sp³-hybridized carbons (Fsp3) is 0.182. The highest BCUT2D eigenvalue weighted by Crippen LogP contribution is 2.13. The molecule has 90 valence electrons. The number of aryl methyl sites for hydroxylation is 2. The van der Waals surface area contributed by atoms with Crippen molar-refractivity contribution in [3.05, 3.63) is 46.2 Å². The van der Waals surface area contributed by atoms with Crippen molar-refractivity contribution in [1.29, 1.82) is 0 Å². The van der Waals surface area contributed by atoms with Gasteiger partial charge in [-0.15, -0.1) is 23.7 Å². The van der Waals surface area contributed by atoms with Gasteiger partial charge >= 0.3 is 0 Å². The molecule has 0 aliphatic carbocycles. The lowest BCUT2D eigenvalue weighted by Gasteiger charge is -1.96. The van der Waals surface area contributed by atoms with E-state index in [0.717, 1.165) is 28.4 Å². The van der Waals surface area contributed by atoms with Crippen LogP contribution in [0.2, 0.25) is 0 Å². The zero-order valence-corrected chi connectivity index (χ0v) is 10.6. The highest BCUT2D eigenvalue weighted by Gasteiger charge is 2.01. The first-order valence-electron chi connectivity index (χ1n) is 4.90. The summed E-state index contributed by atoms with van der Waals surface area (Å²) in [5.74, 6) is 0. The van der Waals surface area contributed by atoms with Crippen molar-refractivity contribution < 1.29 is 5.21 Å². The van der Waals surface area contributed by atoms with Gasteiger partial charge in [0.2, 0.25) is 0 Å². The second-order valence-electron chi connectivity index (χ2n) is 3.22. The molecular weight excluding hydrogens is 258 g/mol. The Morgan fingerprint density at radius 3 is 2.88 bits per heavy atom. The Hall–Kier alpha value is -1.46. The van der Waals surface area contributed by atoms with Gasteiger partial charge in [0.05, 0.1) is 16.1 Å². The van der Waals surface area contributed by atoms with Crippen LogP contribution in [-0.2, 0) is 12.8 Å². The van der Waals surface area contributed by atoms with E-state index in [1.54, 1.807) is 12.4 Å². The topological polar surface area (TPSA) is 58.4 Å². The van der Waals surface area contributed by atoms with Crippen LogP contribution < -0.4 is 0 Å². The molecule has 4 nitrogen and oxygen atoms in total. The minimum Gasteiger partial charge on any atom is -0.411 e. The monoisotopic (exact) mass is 269 g/mol. The van der Waals surface area contributed by atoms with E-state index in [-0.39, 0.29) is 12.4 Å². The second kappa shape index (κ2) is 6.98. The molecular formula is C11H12ClN3OS. The summed E-state index contributed by atoms with van der Waals surface area (Å²) in [5.41, 5.74) is 1.06. The van der Waals surface area contributed by atoms with Crippen molar-refractivity contribution in [3.8, 4) is 0 Å². The number of aromatic nitrogens is 2. The third-order valence-corrected chi connectivity index (χ3v) is 3.07. The molecule has 1 N–H and O–H groups in total. The summed E-state index contributed by atoms with van der Waals surface area (Å²) in [6.07, 6.45) is 6.63. The SMILES string of the molecule is Cl.O/N=C\c1cnc(CCc2ccccn2)s1. The van der Waals surface area contributed by atoms with E-state index in [1.807, 2.05) is 18.2 Å². The van der Waals surface area contributed by atoms with Crippen LogP contribution in [0.15, 0.2) is 35.7 Å². The van der Waals surface area contributed by atoms with Crippen LogP contribution in [0.4, 0.5) is 0 Å². The summed E-state index contributed by atoms with van der Waals surface area (Å²) in [4.78, 5) is 9.35. The molecule has 6 heteroatoms. The molecule has 0 aromatic carbocycles. The van der Waals surface area contributed by atoms with Crippen molar-refractivity contribution in [3.63, 3.8) is 0 Å². The van der Waals surface area contributed by atoms with Crippen molar-refractivity contribution in [2.45, 2.75) is 12.8 Å². The van der Waals surface area contributed by atoms with Crippen molar-refractivity contribution >= 4 is 30.0 Å². The Labute approximate surface area is 109 Å². The van der Waals surface area contributed by atoms with Gasteiger partial charge in [0.15, 0.2) is 0 Å². The molecule has 0 saturated carbocycles. The van der Waals surface area contributed by atoms with Gasteiger partial charge in [-0.05, 0) is 18.6 Å². The number of pyridine rings is 1. The molecule has 0 bridgehead atoms. The molecule has 2 aromatic heterocycles. The van der Waals surface area contributed by atoms with Gasteiger partial charge in [-0.25, -0.2) is 4.98 Å². The fourth-order valence-corrected chi connectivity index (χ4v) is 2.12. The molecule has 0 aliphatic heterocycles. The summed E-state index contributed by atoms with van der Waals surface area (Å²) >= 11 is 1.53. The Kier molecular flexibility index (Phi) is 5.59. The van der Waals surface area contributed by atoms with Crippen molar-refractivity contribution in [2.75, 3.05) is 0 Å². The maximum absolute atomic E-state index is 8.38. The van der Waals surface area contributed by atoms with E-state index in [9.17, 15) is 0 Å². The highest BCUT2D eigenvalue weighted by atomic mass is 35.5. The van der Waals surface area contributed by atoms with Crippen LogP contribution >= 0.6 is 23.7 Å². The van der Waals surface area contributed by atoms with E-state index in [1.165, 1.54) is 17.6 Å². The van der Waals surface area contributed by atoms with Gasteiger partial charge < -0.3 is 5.21 Å². The van der Waals surface area contributed by atoms with Crippen molar-refractivity contribution in [1.82, 2.24) is 9.97 Å². The number of nitrogens with zero attached hydrogens (tertiary/aromatic N) is 3. The van der Waals surface area contributed by atoms with E-state index in [4.69, 9.17) is 5.21 Å². The number of hydrogen-bond acceptors (Lipinski definition) is 5. The standard InChI is InChI=1S/C11H11N3OS.ClH/c15-14-8-10-7-13-11(16-10)5-4-9-3-1-2-6-12-9;/h1-3,6-8,15H,4-5H2;1H/b14-8-;. The molecule has 0 saturated heterocycles. The van der Waals surface area contributed by atoms with Crippen LogP contribution in [0.3, 0.4) is 0 Å². The summed E-state index contributed by atoms with van der Waals surface area (Å²) < 4.78 is 0. The maximum atomic E-state index is 8.38. The Morgan fingerprint density at radius 2 is 2.18 bits per heavy atom. The molecule has 2 aromatic rings. The molecule has 2 heterocycles. The molecule has 2 rings (SSSR count). The summed E-state index contributed by atoms with van der Waals surface area (Å²) in [6.45, 7) is 0. The molecule has 0 spiro atoms. The fourth-order valence-electron chi connectivity index (χ4n) is 1.34. The Balaban J connectivity index is 0.00000144. The lowest BCUT2D eigenvalue weighted by atomic mass is 10.2. The van der Waals surface area contributed by atoms with Crippen LogP contribution in [-0.4, -0.2) is 21.4 Å². The Morgan fingerprint density at radius 1 is 1.29 bits per heavy atom. The van der Waals surface area contributed by atoms with Gasteiger partial charge in [0, 0.05) is 24.5 Å². The van der Waals surface area contributed by atoms with Gasteiger partial charge in [0.25, 0.3) is 0 Å². The quantitative estimate of drug-likeness (QED) is 0.527. The lowest BCUT2D eigenvalue weighted by molar-refractivity contribution is 0.322. The molecule has 0 fully saturated rings. The van der Waals surface area contributed by atoms with Gasteiger partial charge in [0.1, 0.15) is 0 Å². The van der Waals surface area contributed by atoms with E-state index in [0.29, 0.717) is 0 Å². The van der Waals surface area contributed by atoms with Crippen LogP contribution in [0, 0.1) is 0 Å². The summed E-state index contributed by atoms with van der Waals surface area (Å²) in [7, 11) is 0. The number of halogens is 1. The smallest absolute Gasteiger partial charge is 0.0935 e. The average molecular weight is 270 g/mol. The third-order valence-electron chi connectivity index (χ3n) is 2.08. The van der Waals surface area contributed by atoms with Crippen LogP contribution in [0.1, 0.15) is 15.6 Å². The average Bonchev–Trinajstić information content (AvgIpc) is 2.76. The minimum atomic E-state index is 0. The number of rotatable bonds is 4. The first kappa shape index (κ1) is 13.6. The van der Waals surface area contributed by atoms with Crippen LogP contribution in [0.25, 0.3) is 0 Å². The molecule has 0 amide bonds. The molecule has 0 aliphatic rings. The molecule has 0 atom stereocenters. The van der Waals surface area contributed by atoms with Crippen molar-refractivity contribution in [2.24, 2.45) is 5.16 Å². The first-order valence-corrected chi connectivity index (χ1v) is 5.72. The zero-order chi connectivity index (χ0) is 11.2. The maximum Gasteiger partial charge on any atom is 0.0935 e. The third kappa shape index (κ3) is 4.13. The van der Waals surface area contributed by atoms with E-state index < -0.39 is 0 Å².